The van der Waals surface area contributed by atoms with E-state index in [-0.39, 0.29) is 35.1 Å². The fraction of sp³-hybridized carbons (Fsp3) is 0.929. The molecule has 10 atom stereocenters. The summed E-state index contributed by atoms with van der Waals surface area (Å²) in [6.45, 7) is 11.7. The van der Waals surface area contributed by atoms with Gasteiger partial charge >= 0.3 is 0 Å². The van der Waals surface area contributed by atoms with Crippen LogP contribution in [0.4, 0.5) is 0 Å². The summed E-state index contributed by atoms with van der Waals surface area (Å²) in [5.74, 6) is 3.10. The van der Waals surface area contributed by atoms with Crippen LogP contribution >= 0.6 is 0 Å². The first-order valence-electron chi connectivity index (χ1n) is 13.3. The number of aliphatic hydroxyl groups is 3. The van der Waals surface area contributed by atoms with E-state index in [2.05, 4.69) is 40.7 Å². The van der Waals surface area contributed by atoms with E-state index < -0.39 is 0 Å². The molecule has 3 N–H and O–H groups in total. The third kappa shape index (κ3) is 4.17. The van der Waals surface area contributed by atoms with Gasteiger partial charge in [-0.2, -0.15) is 0 Å². The third-order valence-corrected chi connectivity index (χ3v) is 10.4. The normalized spacial score (nSPS) is 47.1. The van der Waals surface area contributed by atoms with Gasteiger partial charge in [-0.25, -0.2) is 0 Å². The average molecular weight is 433 g/mol. The van der Waals surface area contributed by atoms with Crippen LogP contribution in [-0.2, 0) is 0 Å². The number of aliphatic hydroxyl groups excluding tert-OH is 3. The standard InChI is InChI=1S/C28H48O3/c1-17(2)13-20(30)14-18(3)22-7-6-8-23-21-16-26(31)25-15-19(29)9-11-28(25,5)24(21)10-12-27(22,23)4/h10,17-23,25-26,29-31H,6-9,11-16H2,1-5H3. The number of allylic oxidation sites excluding steroid dienone is 2. The zero-order chi connectivity index (χ0) is 22.6. The second-order valence-electron chi connectivity index (χ2n) is 12.9. The van der Waals surface area contributed by atoms with Crippen molar-refractivity contribution in [1.29, 1.82) is 0 Å². The van der Waals surface area contributed by atoms with Crippen molar-refractivity contribution in [3.8, 4) is 0 Å². The first-order valence-corrected chi connectivity index (χ1v) is 13.3. The summed E-state index contributed by atoms with van der Waals surface area (Å²) in [7, 11) is 0. The highest BCUT2D eigenvalue weighted by Crippen LogP contribution is 2.65. The van der Waals surface area contributed by atoms with Gasteiger partial charge in [0.1, 0.15) is 0 Å². The molecule has 0 aromatic heterocycles. The lowest BCUT2D eigenvalue weighted by molar-refractivity contribution is -0.103. The summed E-state index contributed by atoms with van der Waals surface area (Å²) in [6.07, 6.45) is 12.3. The summed E-state index contributed by atoms with van der Waals surface area (Å²) in [5.41, 5.74) is 1.97. The van der Waals surface area contributed by atoms with E-state index in [0.29, 0.717) is 29.6 Å². The Hall–Kier alpha value is -0.380. The van der Waals surface area contributed by atoms with Gasteiger partial charge in [-0.15, -0.1) is 0 Å². The van der Waals surface area contributed by atoms with Gasteiger partial charge in [0.2, 0.25) is 0 Å². The van der Waals surface area contributed by atoms with Gasteiger partial charge in [-0.3, -0.25) is 0 Å². The molecule has 3 heteroatoms. The predicted octanol–water partition coefficient (Wildman–Crippen LogP) is 5.72. The molecule has 0 amide bonds. The van der Waals surface area contributed by atoms with E-state index in [0.717, 1.165) is 44.9 Å². The third-order valence-electron chi connectivity index (χ3n) is 10.4. The number of rotatable bonds is 5. The molecule has 31 heavy (non-hydrogen) atoms. The van der Waals surface area contributed by atoms with Crippen LogP contribution in [0, 0.1) is 46.3 Å². The lowest BCUT2D eigenvalue weighted by Gasteiger charge is -2.62. The molecular weight excluding hydrogens is 384 g/mol. The lowest BCUT2D eigenvalue weighted by atomic mass is 9.44. The Morgan fingerprint density at radius 3 is 2.45 bits per heavy atom. The van der Waals surface area contributed by atoms with E-state index in [1.807, 2.05) is 0 Å². The van der Waals surface area contributed by atoms with Crippen molar-refractivity contribution in [3.05, 3.63) is 11.6 Å². The Balaban J connectivity index is 1.58. The van der Waals surface area contributed by atoms with Crippen LogP contribution in [0.5, 0.6) is 0 Å². The molecule has 0 saturated heterocycles. The van der Waals surface area contributed by atoms with E-state index in [9.17, 15) is 15.3 Å². The first kappa shape index (κ1) is 23.8. The molecule has 0 radical (unpaired) electrons. The lowest BCUT2D eigenvalue weighted by Crippen LogP contribution is -2.56. The maximum Gasteiger partial charge on any atom is 0.0583 e. The SMILES string of the molecule is CC(C)CC(O)CC(C)C1CCCC2C3CC(O)C4CC(O)CCC4(C)C3=CCC12C. The highest BCUT2D eigenvalue weighted by atomic mass is 16.3. The van der Waals surface area contributed by atoms with Crippen LogP contribution in [0.1, 0.15) is 98.8 Å². The van der Waals surface area contributed by atoms with Crippen LogP contribution in [0.3, 0.4) is 0 Å². The quantitative estimate of drug-likeness (QED) is 0.487. The highest BCUT2D eigenvalue weighted by molar-refractivity contribution is 5.29. The molecule has 0 bridgehead atoms. The molecule has 0 aromatic rings. The minimum absolute atomic E-state index is 0.0644. The first-order chi connectivity index (χ1) is 14.6. The van der Waals surface area contributed by atoms with Crippen LogP contribution in [0.2, 0.25) is 0 Å². The molecule has 0 aromatic carbocycles. The van der Waals surface area contributed by atoms with Crippen LogP contribution < -0.4 is 0 Å². The molecule has 4 aliphatic rings. The van der Waals surface area contributed by atoms with Gasteiger partial charge in [0, 0.05) is 0 Å². The molecule has 3 fully saturated rings. The Morgan fingerprint density at radius 2 is 1.74 bits per heavy atom. The zero-order valence-electron chi connectivity index (χ0n) is 20.7. The summed E-state index contributed by atoms with van der Waals surface area (Å²) in [4.78, 5) is 0. The second kappa shape index (κ2) is 8.76. The summed E-state index contributed by atoms with van der Waals surface area (Å²) >= 11 is 0. The topological polar surface area (TPSA) is 60.7 Å². The summed E-state index contributed by atoms with van der Waals surface area (Å²) < 4.78 is 0. The van der Waals surface area contributed by atoms with Crippen LogP contribution in [0.15, 0.2) is 11.6 Å². The molecule has 178 valence electrons. The Kier molecular flexibility index (Phi) is 6.72. The molecule has 0 spiro atoms. The van der Waals surface area contributed by atoms with Gasteiger partial charge in [-0.05, 0) is 104 Å². The molecule has 3 nitrogen and oxygen atoms in total. The Labute approximate surface area is 190 Å². The smallest absolute Gasteiger partial charge is 0.0583 e. The summed E-state index contributed by atoms with van der Waals surface area (Å²) in [5, 5.41) is 32.1. The van der Waals surface area contributed by atoms with Crippen molar-refractivity contribution in [2.24, 2.45) is 46.3 Å². The van der Waals surface area contributed by atoms with E-state index in [1.165, 1.54) is 19.3 Å². The van der Waals surface area contributed by atoms with Gasteiger partial charge < -0.3 is 15.3 Å². The fourth-order valence-electron chi connectivity index (χ4n) is 8.96. The average Bonchev–Trinajstić information content (AvgIpc) is 2.67. The number of hydrogen-bond donors (Lipinski definition) is 3. The van der Waals surface area contributed by atoms with Gasteiger partial charge in [0.15, 0.2) is 0 Å². The van der Waals surface area contributed by atoms with Crippen molar-refractivity contribution < 1.29 is 15.3 Å². The van der Waals surface area contributed by atoms with E-state index in [4.69, 9.17) is 0 Å². The summed E-state index contributed by atoms with van der Waals surface area (Å²) in [6, 6.07) is 0. The number of fused-ring (bicyclic) bond motifs is 5. The number of hydrogen-bond acceptors (Lipinski definition) is 3. The van der Waals surface area contributed by atoms with Gasteiger partial charge in [-0.1, -0.05) is 52.7 Å². The monoisotopic (exact) mass is 432 g/mol. The molecule has 0 aliphatic heterocycles. The predicted molar refractivity (Wildman–Crippen MR) is 126 cm³/mol. The van der Waals surface area contributed by atoms with Gasteiger partial charge in [0.05, 0.1) is 18.3 Å². The van der Waals surface area contributed by atoms with Crippen LogP contribution in [-0.4, -0.2) is 33.6 Å². The zero-order valence-corrected chi connectivity index (χ0v) is 20.7. The highest BCUT2D eigenvalue weighted by Gasteiger charge is 2.58. The minimum Gasteiger partial charge on any atom is -0.393 e. The van der Waals surface area contributed by atoms with Crippen molar-refractivity contribution in [2.75, 3.05) is 0 Å². The van der Waals surface area contributed by atoms with Crippen molar-refractivity contribution in [1.82, 2.24) is 0 Å². The molecule has 3 saturated carbocycles. The largest absolute Gasteiger partial charge is 0.393 e. The van der Waals surface area contributed by atoms with Crippen molar-refractivity contribution in [2.45, 2.75) is 117 Å². The van der Waals surface area contributed by atoms with Crippen molar-refractivity contribution >= 4 is 0 Å². The molecule has 4 aliphatic carbocycles. The van der Waals surface area contributed by atoms with Crippen molar-refractivity contribution in [3.63, 3.8) is 0 Å². The molecular formula is C28H48O3. The van der Waals surface area contributed by atoms with E-state index >= 15 is 0 Å². The Morgan fingerprint density at radius 1 is 1.00 bits per heavy atom. The second-order valence-corrected chi connectivity index (χ2v) is 12.9. The minimum atomic E-state index is -0.282. The Bertz CT molecular complexity index is 671. The van der Waals surface area contributed by atoms with E-state index in [1.54, 1.807) is 5.57 Å². The van der Waals surface area contributed by atoms with Gasteiger partial charge in [0.25, 0.3) is 0 Å². The maximum absolute atomic E-state index is 11.2. The molecule has 4 rings (SSSR count). The maximum atomic E-state index is 11.2. The fourth-order valence-corrected chi connectivity index (χ4v) is 8.96. The molecule has 10 unspecified atom stereocenters. The molecule has 0 heterocycles. The van der Waals surface area contributed by atoms with Crippen LogP contribution in [0.25, 0.3) is 0 Å².